The second-order valence-corrected chi connectivity index (χ2v) is 7.66. The van der Waals surface area contributed by atoms with Gasteiger partial charge in [-0.15, -0.1) is 6.42 Å². The molecule has 2 amide bonds. The molecule has 0 aliphatic carbocycles. The highest BCUT2D eigenvalue weighted by Crippen LogP contribution is 2.33. The zero-order valence-corrected chi connectivity index (χ0v) is 16.4. The molecule has 0 N–H and O–H groups in total. The molecule has 4 rings (SSSR count). The molecule has 1 aliphatic rings. The molecule has 2 heterocycles. The summed E-state index contributed by atoms with van der Waals surface area (Å²) in [6.07, 6.45) is 7.03. The first-order valence-electron chi connectivity index (χ1n) is 8.86. The zero-order valence-electron chi connectivity index (χ0n) is 15.6. The third-order valence-corrected chi connectivity index (χ3v) is 5.78. The fraction of sp³-hybridized carbons (Fsp3) is 0.130. The Hall–Kier alpha value is -3.23. The quantitative estimate of drug-likeness (QED) is 0.474. The maximum absolute atomic E-state index is 12.4. The van der Waals surface area contributed by atoms with E-state index < -0.39 is 0 Å². The van der Waals surface area contributed by atoms with Crippen LogP contribution < -0.4 is 0 Å². The number of amides is 2. The Morgan fingerprint density at radius 1 is 1.07 bits per heavy atom. The zero-order chi connectivity index (χ0) is 19.8. The SMILES string of the molecule is C#CCN1C(=O)SC(=Cc2cc(C)n(-c3ccc4ccccc4c3)c2C)C1=O. The Morgan fingerprint density at radius 3 is 2.57 bits per heavy atom. The Labute approximate surface area is 167 Å². The number of hydrogen-bond acceptors (Lipinski definition) is 3. The van der Waals surface area contributed by atoms with E-state index in [0.29, 0.717) is 4.91 Å². The molecule has 1 fully saturated rings. The maximum atomic E-state index is 12.4. The lowest BCUT2D eigenvalue weighted by molar-refractivity contribution is -0.122. The number of thioether (sulfide) groups is 1. The largest absolute Gasteiger partial charge is 0.318 e. The van der Waals surface area contributed by atoms with Crippen LogP contribution in [0.5, 0.6) is 0 Å². The van der Waals surface area contributed by atoms with Crippen molar-refractivity contribution < 1.29 is 9.59 Å². The van der Waals surface area contributed by atoms with Gasteiger partial charge in [0.25, 0.3) is 11.1 Å². The van der Waals surface area contributed by atoms with Crippen LogP contribution in [0.15, 0.2) is 53.4 Å². The summed E-state index contributed by atoms with van der Waals surface area (Å²) in [5.74, 6) is 2.03. The minimum absolute atomic E-state index is 0.00187. The van der Waals surface area contributed by atoms with E-state index in [1.165, 1.54) is 10.8 Å². The molecule has 4 nitrogen and oxygen atoms in total. The van der Waals surface area contributed by atoms with Crippen molar-refractivity contribution >= 4 is 39.8 Å². The van der Waals surface area contributed by atoms with Crippen molar-refractivity contribution in [2.24, 2.45) is 0 Å². The van der Waals surface area contributed by atoms with Gasteiger partial charge in [0, 0.05) is 17.1 Å². The van der Waals surface area contributed by atoms with Gasteiger partial charge in [-0.2, -0.15) is 0 Å². The van der Waals surface area contributed by atoms with E-state index >= 15 is 0 Å². The summed E-state index contributed by atoms with van der Waals surface area (Å²) in [5.41, 5.74) is 4.05. The molecule has 28 heavy (non-hydrogen) atoms. The number of hydrogen-bond donors (Lipinski definition) is 0. The number of imide groups is 1. The van der Waals surface area contributed by atoms with Crippen molar-refractivity contribution in [3.05, 3.63) is 70.4 Å². The molecular weight excluding hydrogens is 368 g/mol. The lowest BCUT2D eigenvalue weighted by Crippen LogP contribution is -2.28. The first kappa shape index (κ1) is 18.1. The molecular formula is C23H18N2O2S. The van der Waals surface area contributed by atoms with Crippen LogP contribution >= 0.6 is 11.8 Å². The smallest absolute Gasteiger partial charge is 0.294 e. The van der Waals surface area contributed by atoms with Crippen LogP contribution in [0, 0.1) is 26.2 Å². The highest BCUT2D eigenvalue weighted by molar-refractivity contribution is 8.18. The van der Waals surface area contributed by atoms with Gasteiger partial charge in [0.15, 0.2) is 0 Å². The summed E-state index contributed by atoms with van der Waals surface area (Å²) in [4.78, 5) is 25.9. The number of aryl methyl sites for hydroxylation is 1. The molecule has 138 valence electrons. The summed E-state index contributed by atoms with van der Waals surface area (Å²) in [7, 11) is 0. The number of carbonyl (C=O) groups is 2. The molecule has 5 heteroatoms. The van der Waals surface area contributed by atoms with E-state index in [2.05, 4.69) is 40.8 Å². The predicted octanol–water partition coefficient (Wildman–Crippen LogP) is 4.92. The minimum Gasteiger partial charge on any atom is -0.318 e. The van der Waals surface area contributed by atoms with E-state index in [1.54, 1.807) is 6.08 Å². The van der Waals surface area contributed by atoms with Crippen molar-refractivity contribution in [3.63, 3.8) is 0 Å². The second-order valence-electron chi connectivity index (χ2n) is 6.67. The van der Waals surface area contributed by atoms with Gasteiger partial charge in [0.05, 0.1) is 11.4 Å². The summed E-state index contributed by atoms with van der Waals surface area (Å²) in [6, 6.07) is 16.6. The molecule has 0 radical (unpaired) electrons. The van der Waals surface area contributed by atoms with Gasteiger partial charge in [0.2, 0.25) is 0 Å². The van der Waals surface area contributed by atoms with Crippen LogP contribution in [0.2, 0.25) is 0 Å². The van der Waals surface area contributed by atoms with Gasteiger partial charge in [-0.05, 0) is 66.2 Å². The lowest BCUT2D eigenvalue weighted by atomic mass is 10.1. The van der Waals surface area contributed by atoms with Crippen molar-refractivity contribution in [2.75, 3.05) is 6.54 Å². The van der Waals surface area contributed by atoms with Gasteiger partial charge >= 0.3 is 0 Å². The Kier molecular flexibility index (Phi) is 4.58. The molecule has 0 unspecified atom stereocenters. The number of nitrogens with zero attached hydrogens (tertiary/aromatic N) is 2. The van der Waals surface area contributed by atoms with E-state index in [0.717, 1.165) is 39.3 Å². The van der Waals surface area contributed by atoms with Crippen LogP contribution in [0.4, 0.5) is 4.79 Å². The third kappa shape index (κ3) is 3.02. The number of benzene rings is 2. The van der Waals surface area contributed by atoms with Gasteiger partial charge in [-0.25, -0.2) is 0 Å². The fourth-order valence-corrected chi connectivity index (χ4v) is 4.34. The molecule has 1 aliphatic heterocycles. The summed E-state index contributed by atoms with van der Waals surface area (Å²) in [6.45, 7) is 4.04. The first-order chi connectivity index (χ1) is 13.5. The first-order valence-corrected chi connectivity index (χ1v) is 9.68. The number of rotatable bonds is 3. The van der Waals surface area contributed by atoms with E-state index in [1.807, 2.05) is 32.0 Å². The van der Waals surface area contributed by atoms with Crippen molar-refractivity contribution in [3.8, 4) is 18.0 Å². The van der Waals surface area contributed by atoms with E-state index in [-0.39, 0.29) is 17.7 Å². The van der Waals surface area contributed by atoms with Crippen molar-refractivity contribution in [2.45, 2.75) is 13.8 Å². The normalized spacial score (nSPS) is 15.6. The molecule has 0 saturated carbocycles. The van der Waals surface area contributed by atoms with Crippen LogP contribution in [0.1, 0.15) is 17.0 Å². The highest BCUT2D eigenvalue weighted by atomic mass is 32.2. The molecule has 3 aromatic rings. The van der Waals surface area contributed by atoms with Crippen LogP contribution in [-0.2, 0) is 4.79 Å². The topological polar surface area (TPSA) is 42.3 Å². The summed E-state index contributed by atoms with van der Waals surface area (Å²) >= 11 is 0.932. The number of aromatic nitrogens is 1. The predicted molar refractivity (Wildman–Crippen MR) is 114 cm³/mol. The molecule has 0 spiro atoms. The van der Waals surface area contributed by atoms with Gasteiger partial charge < -0.3 is 4.57 Å². The Bertz CT molecular complexity index is 1200. The summed E-state index contributed by atoms with van der Waals surface area (Å²) in [5, 5.41) is 2.04. The van der Waals surface area contributed by atoms with Crippen LogP contribution in [0.25, 0.3) is 22.5 Å². The molecule has 1 saturated heterocycles. The fourth-order valence-electron chi connectivity index (χ4n) is 3.52. The number of terminal acetylenes is 1. The van der Waals surface area contributed by atoms with E-state index in [4.69, 9.17) is 6.42 Å². The maximum Gasteiger partial charge on any atom is 0.294 e. The van der Waals surface area contributed by atoms with Gasteiger partial charge in [-0.1, -0.05) is 36.3 Å². The van der Waals surface area contributed by atoms with Crippen molar-refractivity contribution in [1.29, 1.82) is 0 Å². The van der Waals surface area contributed by atoms with E-state index in [9.17, 15) is 9.59 Å². The second kappa shape index (κ2) is 7.06. The van der Waals surface area contributed by atoms with Gasteiger partial charge in [0.1, 0.15) is 0 Å². The Balaban J connectivity index is 1.75. The molecule has 0 atom stereocenters. The average Bonchev–Trinajstić information content (AvgIpc) is 3.11. The average molecular weight is 386 g/mol. The lowest BCUT2D eigenvalue weighted by Gasteiger charge is -2.11. The highest BCUT2D eigenvalue weighted by Gasteiger charge is 2.34. The van der Waals surface area contributed by atoms with Crippen LogP contribution in [-0.4, -0.2) is 27.2 Å². The number of fused-ring (bicyclic) bond motifs is 1. The van der Waals surface area contributed by atoms with Gasteiger partial charge in [-0.3, -0.25) is 14.5 Å². The monoisotopic (exact) mass is 386 g/mol. The molecule has 1 aromatic heterocycles. The van der Waals surface area contributed by atoms with Crippen LogP contribution in [0.3, 0.4) is 0 Å². The molecule has 2 aromatic carbocycles. The summed E-state index contributed by atoms with van der Waals surface area (Å²) < 4.78 is 2.16. The minimum atomic E-state index is -0.330. The van der Waals surface area contributed by atoms with Crippen molar-refractivity contribution in [1.82, 2.24) is 9.47 Å². The third-order valence-electron chi connectivity index (χ3n) is 4.87. The Morgan fingerprint density at radius 2 is 1.82 bits per heavy atom. The standard InChI is InChI=1S/C23H18N2O2S/c1-4-11-24-22(26)21(28-23(24)27)14-19-12-15(2)25(16(19)3)20-10-9-17-7-5-6-8-18(17)13-20/h1,5-10,12-14H,11H2,2-3H3. The number of carbonyl (C=O) groups excluding carboxylic acids is 2. The molecule has 0 bridgehead atoms.